The highest BCUT2D eigenvalue weighted by molar-refractivity contribution is 5.66. The number of carbonyl (C=O) groups is 1. The lowest BCUT2D eigenvalue weighted by molar-refractivity contribution is -0.191. The Bertz CT molecular complexity index is 1070. The maximum Gasteiger partial charge on any atom is 0.303 e. The van der Waals surface area contributed by atoms with E-state index in [1.807, 2.05) is 13.8 Å². The van der Waals surface area contributed by atoms with Crippen LogP contribution in [0.25, 0.3) is 0 Å². The minimum absolute atomic E-state index is 0.0213. The van der Waals surface area contributed by atoms with E-state index >= 15 is 0 Å². The fraction of sp³-hybridized carbons (Fsp3) is 0.970. The first-order valence-electron chi connectivity index (χ1n) is 15.8. The molecule has 0 aromatic heterocycles. The van der Waals surface area contributed by atoms with Crippen LogP contribution in [0.15, 0.2) is 0 Å². The molecule has 2 aliphatic heterocycles. The molecule has 3 spiro atoms. The Morgan fingerprint density at radius 2 is 1.63 bits per heavy atom. The van der Waals surface area contributed by atoms with Gasteiger partial charge in [0, 0.05) is 18.3 Å². The van der Waals surface area contributed by atoms with Crippen molar-refractivity contribution in [2.45, 2.75) is 143 Å². The molecule has 0 radical (unpaired) electrons. The topological polar surface area (TPSA) is 76.0 Å². The highest BCUT2D eigenvalue weighted by atomic mass is 16.6. The molecule has 2 N–H and O–H groups in total. The first kappa shape index (κ1) is 26.3. The average Bonchev–Trinajstić information content (AvgIpc) is 3.33. The van der Waals surface area contributed by atoms with E-state index in [4.69, 9.17) is 9.47 Å². The van der Waals surface area contributed by atoms with Gasteiger partial charge in [0.2, 0.25) is 0 Å². The summed E-state index contributed by atoms with van der Waals surface area (Å²) in [5, 5.41) is 23.7. The molecule has 5 nitrogen and oxygen atoms in total. The summed E-state index contributed by atoms with van der Waals surface area (Å²) in [4.78, 5) is 12.0. The van der Waals surface area contributed by atoms with Crippen LogP contribution in [0, 0.1) is 56.7 Å². The smallest absolute Gasteiger partial charge is 0.303 e. The van der Waals surface area contributed by atoms with Gasteiger partial charge < -0.3 is 19.7 Å². The van der Waals surface area contributed by atoms with Gasteiger partial charge >= 0.3 is 5.97 Å². The molecule has 7 rings (SSSR count). The molecule has 7 fully saturated rings. The van der Waals surface area contributed by atoms with E-state index in [0.29, 0.717) is 34.5 Å². The number of rotatable bonds is 2. The van der Waals surface area contributed by atoms with Gasteiger partial charge in [-0.1, -0.05) is 34.6 Å². The molecular weight excluding hydrogens is 476 g/mol. The van der Waals surface area contributed by atoms with Crippen molar-refractivity contribution in [1.29, 1.82) is 0 Å². The Morgan fingerprint density at radius 3 is 2.32 bits per heavy atom. The van der Waals surface area contributed by atoms with Crippen LogP contribution >= 0.6 is 0 Å². The Kier molecular flexibility index (Phi) is 4.99. The normalized spacial score (nSPS) is 59.6. The third kappa shape index (κ3) is 2.61. The van der Waals surface area contributed by atoms with Gasteiger partial charge in [-0.25, -0.2) is 0 Å². The summed E-state index contributed by atoms with van der Waals surface area (Å²) in [6, 6.07) is 0. The van der Waals surface area contributed by atoms with Crippen LogP contribution in [0.1, 0.15) is 113 Å². The van der Waals surface area contributed by atoms with Gasteiger partial charge in [0.15, 0.2) is 0 Å². The molecule has 2 saturated heterocycles. The predicted octanol–water partition coefficient (Wildman–Crippen LogP) is 5.89. The number of fused-ring (bicyclic) bond motifs is 4. The van der Waals surface area contributed by atoms with Gasteiger partial charge in [-0.2, -0.15) is 0 Å². The molecule has 13 atom stereocenters. The highest BCUT2D eigenvalue weighted by Gasteiger charge is 2.87. The van der Waals surface area contributed by atoms with E-state index < -0.39 is 17.3 Å². The molecule has 5 aliphatic carbocycles. The fourth-order valence-electron chi connectivity index (χ4n) is 13.9. The van der Waals surface area contributed by atoms with Gasteiger partial charge in [0.1, 0.15) is 5.60 Å². The van der Waals surface area contributed by atoms with Gasteiger partial charge in [0.25, 0.3) is 0 Å². The molecule has 0 amide bonds. The van der Waals surface area contributed by atoms with Crippen LogP contribution < -0.4 is 0 Å². The van der Waals surface area contributed by atoms with Crippen LogP contribution in [0.2, 0.25) is 0 Å². The molecule has 38 heavy (non-hydrogen) atoms. The number of hydrogen-bond acceptors (Lipinski definition) is 5. The van der Waals surface area contributed by atoms with Gasteiger partial charge in [-0.3, -0.25) is 4.79 Å². The SMILES string of the molecule is CC(=O)OC(C)(C)C1CC23OC1CC(C)C2C1(C)CCC24CC25CCC(O)C(C)(C)C5CCC4C1(C)C3O. The van der Waals surface area contributed by atoms with Crippen molar-refractivity contribution in [2.75, 3.05) is 0 Å². The van der Waals surface area contributed by atoms with Crippen LogP contribution in [0.4, 0.5) is 0 Å². The number of aliphatic hydroxyl groups is 2. The summed E-state index contributed by atoms with van der Waals surface area (Å²) < 4.78 is 13.0. The van der Waals surface area contributed by atoms with Crippen molar-refractivity contribution < 1.29 is 24.5 Å². The third-order valence-corrected chi connectivity index (χ3v) is 15.3. The van der Waals surface area contributed by atoms with E-state index in [1.54, 1.807) is 0 Å². The Labute approximate surface area is 229 Å². The zero-order valence-electron chi connectivity index (χ0n) is 25.1. The van der Waals surface area contributed by atoms with Crippen molar-refractivity contribution in [2.24, 2.45) is 56.7 Å². The van der Waals surface area contributed by atoms with Crippen molar-refractivity contribution in [3.05, 3.63) is 0 Å². The second-order valence-corrected chi connectivity index (χ2v) is 17.0. The molecule has 5 heteroatoms. The molecule has 0 aromatic rings. The predicted molar refractivity (Wildman–Crippen MR) is 145 cm³/mol. The summed E-state index contributed by atoms with van der Waals surface area (Å²) in [5.74, 6) is 1.73. The largest absolute Gasteiger partial charge is 0.459 e. The van der Waals surface area contributed by atoms with Crippen molar-refractivity contribution in [3.8, 4) is 0 Å². The summed E-state index contributed by atoms with van der Waals surface area (Å²) in [6.07, 6.45) is 9.23. The van der Waals surface area contributed by atoms with E-state index in [2.05, 4.69) is 34.6 Å². The van der Waals surface area contributed by atoms with E-state index in [1.165, 1.54) is 26.2 Å². The van der Waals surface area contributed by atoms with Crippen molar-refractivity contribution >= 4 is 5.97 Å². The van der Waals surface area contributed by atoms with Crippen LogP contribution in [0.5, 0.6) is 0 Å². The average molecular weight is 529 g/mol. The fourth-order valence-corrected chi connectivity index (χ4v) is 13.9. The highest BCUT2D eigenvalue weighted by Crippen LogP contribution is 2.90. The summed E-state index contributed by atoms with van der Waals surface area (Å²) >= 11 is 0. The Balaban J connectivity index is 1.30. The maximum atomic E-state index is 12.7. The van der Waals surface area contributed by atoms with Gasteiger partial charge in [0.05, 0.1) is 23.9 Å². The second-order valence-electron chi connectivity index (χ2n) is 17.0. The zero-order valence-corrected chi connectivity index (χ0v) is 25.1. The van der Waals surface area contributed by atoms with E-state index in [9.17, 15) is 15.0 Å². The zero-order chi connectivity index (χ0) is 27.5. The number of hydrogen-bond donors (Lipinski definition) is 2. The lowest BCUT2D eigenvalue weighted by Crippen LogP contribution is -2.60. The first-order valence-corrected chi connectivity index (χ1v) is 15.8. The van der Waals surface area contributed by atoms with Crippen LogP contribution in [0.3, 0.4) is 0 Å². The lowest BCUT2D eigenvalue weighted by atomic mass is 9.41. The molecule has 214 valence electrons. The number of esters is 1. The van der Waals surface area contributed by atoms with Crippen LogP contribution in [-0.2, 0) is 14.3 Å². The van der Waals surface area contributed by atoms with Crippen molar-refractivity contribution in [1.82, 2.24) is 0 Å². The Morgan fingerprint density at radius 1 is 0.974 bits per heavy atom. The van der Waals surface area contributed by atoms with Crippen LogP contribution in [-0.4, -0.2) is 45.7 Å². The summed E-state index contributed by atoms with van der Waals surface area (Å²) in [5.41, 5.74) is -0.718. The van der Waals surface area contributed by atoms with E-state index in [0.717, 1.165) is 38.5 Å². The molecule has 5 saturated carbocycles. The second kappa shape index (κ2) is 7.21. The number of carbonyl (C=O) groups excluding carboxylic acids is 1. The minimum atomic E-state index is -0.613. The molecule has 13 unspecified atom stereocenters. The van der Waals surface area contributed by atoms with Crippen molar-refractivity contribution in [3.63, 3.8) is 0 Å². The standard InChI is InChI=1S/C33H52O5/c1-18-15-21-20(28(5,6)37-19(2)34)16-33(38-21)25(18)29(7)13-14-32-17-31(32)12-11-24(35)27(3,4)22(31)9-10-23(32)30(29,8)26(33)36/h18,20-26,35-36H,9-17H2,1-8H3. The Hall–Kier alpha value is -0.650. The molecule has 2 bridgehead atoms. The summed E-state index contributed by atoms with van der Waals surface area (Å²) in [7, 11) is 0. The lowest BCUT2D eigenvalue weighted by Gasteiger charge is -2.63. The molecule has 0 aromatic carbocycles. The minimum Gasteiger partial charge on any atom is -0.459 e. The third-order valence-electron chi connectivity index (χ3n) is 15.3. The molecular formula is C33H52O5. The first-order chi connectivity index (χ1) is 17.5. The summed E-state index contributed by atoms with van der Waals surface area (Å²) in [6.45, 7) is 17.6. The quantitative estimate of drug-likeness (QED) is 0.437. The maximum absolute atomic E-state index is 12.7. The van der Waals surface area contributed by atoms with Gasteiger partial charge in [-0.15, -0.1) is 0 Å². The van der Waals surface area contributed by atoms with Gasteiger partial charge in [-0.05, 0) is 117 Å². The number of ether oxygens (including phenoxy) is 2. The van der Waals surface area contributed by atoms with E-state index in [-0.39, 0.29) is 40.3 Å². The molecule has 2 heterocycles. The molecule has 7 aliphatic rings. The number of aliphatic hydroxyl groups excluding tert-OH is 2. The monoisotopic (exact) mass is 528 g/mol.